The van der Waals surface area contributed by atoms with Crippen molar-refractivity contribution in [3.05, 3.63) is 55.9 Å². The van der Waals surface area contributed by atoms with Gasteiger partial charge in [0.2, 0.25) is 0 Å². The molecular weight excluding hydrogens is 402 g/mol. The molecule has 0 aliphatic rings. The van der Waals surface area contributed by atoms with E-state index in [1.165, 1.54) is 16.0 Å². The van der Waals surface area contributed by atoms with E-state index < -0.39 is 11.8 Å². The van der Waals surface area contributed by atoms with Crippen LogP contribution in [0.3, 0.4) is 0 Å². The highest BCUT2D eigenvalue weighted by atomic mass is 32.1. The zero-order valence-electron chi connectivity index (χ0n) is 17.3. The van der Waals surface area contributed by atoms with Crippen LogP contribution < -0.4 is 16.4 Å². The Labute approximate surface area is 178 Å². The maximum atomic E-state index is 12.8. The molecule has 8 nitrogen and oxygen atoms in total. The van der Waals surface area contributed by atoms with Gasteiger partial charge in [0.15, 0.2) is 5.69 Å². The molecule has 0 aliphatic heterocycles. The van der Waals surface area contributed by atoms with Gasteiger partial charge < -0.3 is 0 Å². The van der Waals surface area contributed by atoms with E-state index >= 15 is 0 Å². The number of aryl methyl sites for hydroxylation is 3. The van der Waals surface area contributed by atoms with Crippen LogP contribution in [0.4, 0.5) is 0 Å². The average molecular weight is 428 g/mol. The molecule has 0 aliphatic carbocycles. The zero-order chi connectivity index (χ0) is 21.7. The molecule has 0 spiro atoms. The number of aromatic nitrogens is 3. The molecular formula is C21H25N5O3S. The molecule has 3 aromatic rings. The second-order valence-corrected chi connectivity index (χ2v) is 8.00. The lowest BCUT2D eigenvalue weighted by molar-refractivity contribution is 0.0845. The quantitative estimate of drug-likeness (QED) is 0.445. The van der Waals surface area contributed by atoms with E-state index in [0.717, 1.165) is 30.7 Å². The number of hydrazine groups is 1. The highest BCUT2D eigenvalue weighted by molar-refractivity contribution is 7.13. The van der Waals surface area contributed by atoms with Crippen LogP contribution in [0.15, 0.2) is 29.1 Å². The van der Waals surface area contributed by atoms with Gasteiger partial charge in [0.1, 0.15) is 4.88 Å². The van der Waals surface area contributed by atoms with Gasteiger partial charge >= 0.3 is 0 Å². The van der Waals surface area contributed by atoms with Gasteiger partial charge in [-0.1, -0.05) is 44.9 Å². The first-order chi connectivity index (χ1) is 14.5. The number of nitrogens with one attached hydrogen (secondary N) is 2. The van der Waals surface area contributed by atoms with Crippen molar-refractivity contribution in [2.24, 2.45) is 0 Å². The molecule has 0 saturated carbocycles. The first-order valence-corrected chi connectivity index (χ1v) is 10.8. The van der Waals surface area contributed by atoms with Gasteiger partial charge in [0.05, 0.1) is 16.1 Å². The monoisotopic (exact) mass is 427 g/mol. The summed E-state index contributed by atoms with van der Waals surface area (Å²) in [5.74, 6) is -1.01. The fourth-order valence-electron chi connectivity index (χ4n) is 3.11. The van der Waals surface area contributed by atoms with E-state index in [-0.39, 0.29) is 11.3 Å². The fourth-order valence-corrected chi connectivity index (χ4v) is 4.01. The maximum absolute atomic E-state index is 12.8. The molecule has 0 atom stereocenters. The SMILES string of the molecule is CCCCCn1nc(C(=O)NNC(=O)c2sc(CC)nc2C)c2ccccc2c1=O. The van der Waals surface area contributed by atoms with Crippen molar-refractivity contribution < 1.29 is 9.59 Å². The summed E-state index contributed by atoms with van der Waals surface area (Å²) in [6.45, 7) is 6.23. The second-order valence-electron chi connectivity index (χ2n) is 6.91. The Hall–Kier alpha value is -3.07. The largest absolute Gasteiger partial charge is 0.290 e. The maximum Gasteiger partial charge on any atom is 0.290 e. The molecule has 0 unspecified atom stereocenters. The molecule has 0 bridgehead atoms. The topological polar surface area (TPSA) is 106 Å². The Morgan fingerprint density at radius 2 is 1.77 bits per heavy atom. The van der Waals surface area contributed by atoms with Crippen LogP contribution in [0.5, 0.6) is 0 Å². The number of nitrogens with zero attached hydrogens (tertiary/aromatic N) is 3. The van der Waals surface area contributed by atoms with Gasteiger partial charge in [-0.2, -0.15) is 5.10 Å². The van der Waals surface area contributed by atoms with Crippen molar-refractivity contribution in [1.29, 1.82) is 0 Å². The number of rotatable bonds is 7. The minimum absolute atomic E-state index is 0.0947. The van der Waals surface area contributed by atoms with E-state index in [0.29, 0.717) is 27.9 Å². The second kappa shape index (κ2) is 9.62. The number of carbonyl (C=O) groups excluding carboxylic acids is 2. The average Bonchev–Trinajstić information content (AvgIpc) is 3.14. The van der Waals surface area contributed by atoms with Crippen LogP contribution in [0, 0.1) is 6.92 Å². The molecule has 2 aromatic heterocycles. The summed E-state index contributed by atoms with van der Waals surface area (Å²) in [7, 11) is 0. The normalized spacial score (nSPS) is 10.9. The third-order valence-corrected chi connectivity index (χ3v) is 6.00. The molecule has 2 N–H and O–H groups in total. The summed E-state index contributed by atoms with van der Waals surface area (Å²) in [6.07, 6.45) is 3.51. The molecule has 158 valence electrons. The molecule has 30 heavy (non-hydrogen) atoms. The predicted octanol–water partition coefficient (Wildman–Crippen LogP) is 2.99. The lowest BCUT2D eigenvalue weighted by Gasteiger charge is -2.11. The Morgan fingerprint density at radius 1 is 1.07 bits per heavy atom. The number of amides is 2. The number of hydrogen-bond acceptors (Lipinski definition) is 6. The minimum atomic E-state index is -0.582. The minimum Gasteiger partial charge on any atom is -0.267 e. The van der Waals surface area contributed by atoms with Crippen molar-refractivity contribution >= 4 is 33.9 Å². The van der Waals surface area contributed by atoms with Gasteiger partial charge in [-0.05, 0) is 25.8 Å². The lowest BCUT2D eigenvalue weighted by atomic mass is 10.1. The summed E-state index contributed by atoms with van der Waals surface area (Å²) in [5.41, 5.74) is 5.34. The van der Waals surface area contributed by atoms with Crippen LogP contribution in [0.2, 0.25) is 0 Å². The third-order valence-electron chi connectivity index (χ3n) is 4.70. The molecule has 9 heteroatoms. The van der Waals surface area contributed by atoms with E-state index in [1.54, 1.807) is 31.2 Å². The van der Waals surface area contributed by atoms with Crippen LogP contribution >= 0.6 is 11.3 Å². The lowest BCUT2D eigenvalue weighted by Crippen LogP contribution is -2.42. The van der Waals surface area contributed by atoms with Crippen LogP contribution in [-0.4, -0.2) is 26.6 Å². The molecule has 0 saturated heterocycles. The predicted molar refractivity (Wildman–Crippen MR) is 117 cm³/mol. The van der Waals surface area contributed by atoms with Gasteiger partial charge in [0, 0.05) is 11.9 Å². The van der Waals surface area contributed by atoms with Crippen LogP contribution in [0.25, 0.3) is 10.8 Å². The summed E-state index contributed by atoms with van der Waals surface area (Å²) in [6, 6.07) is 6.85. The highest BCUT2D eigenvalue weighted by Gasteiger charge is 2.19. The number of unbranched alkanes of at least 4 members (excludes halogenated alkanes) is 2. The van der Waals surface area contributed by atoms with Gasteiger partial charge in [-0.25, -0.2) is 9.67 Å². The highest BCUT2D eigenvalue weighted by Crippen LogP contribution is 2.18. The van der Waals surface area contributed by atoms with E-state index in [1.807, 2.05) is 6.92 Å². The standard InChI is InChI=1S/C21H25N5O3S/c1-4-6-9-12-26-21(29)15-11-8-7-10-14(15)17(25-26)19(27)23-24-20(28)18-13(3)22-16(5-2)30-18/h7-8,10-11H,4-6,9,12H2,1-3H3,(H,23,27)(H,24,28). The summed E-state index contributed by atoms with van der Waals surface area (Å²) in [5, 5.41) is 6.02. The zero-order valence-corrected chi connectivity index (χ0v) is 18.1. The molecule has 0 fully saturated rings. The third kappa shape index (κ3) is 4.56. The smallest absolute Gasteiger partial charge is 0.267 e. The number of carbonyl (C=O) groups is 2. The molecule has 2 heterocycles. The summed E-state index contributed by atoms with van der Waals surface area (Å²) in [4.78, 5) is 42.8. The Bertz CT molecular complexity index is 1140. The first-order valence-electron chi connectivity index (χ1n) is 10.0. The number of fused-ring (bicyclic) bond motifs is 1. The van der Waals surface area contributed by atoms with Gasteiger partial charge in [-0.3, -0.25) is 25.2 Å². The van der Waals surface area contributed by atoms with Crippen molar-refractivity contribution in [2.75, 3.05) is 0 Å². The number of benzene rings is 1. The Balaban J connectivity index is 1.84. The van der Waals surface area contributed by atoms with E-state index in [9.17, 15) is 14.4 Å². The van der Waals surface area contributed by atoms with Crippen molar-refractivity contribution in [3.63, 3.8) is 0 Å². The summed E-state index contributed by atoms with van der Waals surface area (Å²) < 4.78 is 1.33. The fraction of sp³-hybridized carbons (Fsp3) is 0.381. The van der Waals surface area contributed by atoms with E-state index in [4.69, 9.17) is 0 Å². The van der Waals surface area contributed by atoms with Crippen LogP contribution in [0.1, 0.15) is 64.0 Å². The van der Waals surface area contributed by atoms with Gasteiger partial charge in [-0.15, -0.1) is 11.3 Å². The van der Waals surface area contributed by atoms with Crippen molar-refractivity contribution in [1.82, 2.24) is 25.6 Å². The van der Waals surface area contributed by atoms with Crippen molar-refractivity contribution in [3.8, 4) is 0 Å². The van der Waals surface area contributed by atoms with E-state index in [2.05, 4.69) is 27.9 Å². The summed E-state index contributed by atoms with van der Waals surface area (Å²) >= 11 is 1.30. The molecule has 0 radical (unpaired) electrons. The van der Waals surface area contributed by atoms with Gasteiger partial charge in [0.25, 0.3) is 17.4 Å². The number of hydrogen-bond donors (Lipinski definition) is 2. The molecule has 3 rings (SSSR count). The van der Waals surface area contributed by atoms with Crippen LogP contribution in [-0.2, 0) is 13.0 Å². The first kappa shape index (κ1) is 21.6. The molecule has 1 aromatic carbocycles. The number of thiazole rings is 1. The van der Waals surface area contributed by atoms with Crippen molar-refractivity contribution in [2.45, 2.75) is 53.0 Å². The Kier molecular flexibility index (Phi) is 6.94. The molecule has 2 amide bonds. The Morgan fingerprint density at radius 3 is 2.43 bits per heavy atom.